The van der Waals surface area contributed by atoms with E-state index in [1.807, 2.05) is 29.9 Å². The van der Waals surface area contributed by atoms with E-state index in [1.54, 1.807) is 6.20 Å². The maximum absolute atomic E-state index is 6.12. The highest BCUT2D eigenvalue weighted by Gasteiger charge is 2.13. The number of halogens is 1. The summed E-state index contributed by atoms with van der Waals surface area (Å²) in [5.74, 6) is 0.405. The molecule has 16 heavy (non-hydrogen) atoms. The zero-order valence-corrected chi connectivity index (χ0v) is 10.4. The van der Waals surface area contributed by atoms with Crippen molar-refractivity contribution in [1.29, 1.82) is 0 Å². The van der Waals surface area contributed by atoms with Crippen molar-refractivity contribution >= 4 is 11.6 Å². The highest BCUT2D eigenvalue weighted by atomic mass is 35.5. The molecule has 0 aliphatic heterocycles. The number of aryl methyl sites for hydroxylation is 1. The predicted octanol–water partition coefficient (Wildman–Crippen LogP) is 3.26. The molecular formula is C12H14ClN3. The van der Waals surface area contributed by atoms with Crippen LogP contribution in [-0.4, -0.2) is 14.8 Å². The van der Waals surface area contributed by atoms with E-state index >= 15 is 0 Å². The molecule has 2 aromatic rings. The maximum atomic E-state index is 6.12. The lowest BCUT2D eigenvalue weighted by Crippen LogP contribution is -1.96. The van der Waals surface area contributed by atoms with Gasteiger partial charge in [-0.15, -0.1) is 0 Å². The summed E-state index contributed by atoms with van der Waals surface area (Å²) < 4.78 is 1.82. The second kappa shape index (κ2) is 4.26. The molecule has 0 saturated heterocycles. The Balaban J connectivity index is 2.52. The van der Waals surface area contributed by atoms with E-state index in [0.29, 0.717) is 10.9 Å². The Morgan fingerprint density at radius 2 is 2.12 bits per heavy atom. The summed E-state index contributed by atoms with van der Waals surface area (Å²) in [7, 11) is 1.91. The van der Waals surface area contributed by atoms with Crippen LogP contribution in [0.25, 0.3) is 11.4 Å². The van der Waals surface area contributed by atoms with Crippen LogP contribution in [0.4, 0.5) is 0 Å². The summed E-state index contributed by atoms with van der Waals surface area (Å²) in [6.45, 7) is 4.23. The third-order valence-corrected chi connectivity index (χ3v) is 2.80. The number of rotatable bonds is 2. The van der Waals surface area contributed by atoms with Crippen LogP contribution >= 0.6 is 11.6 Å². The molecule has 0 N–H and O–H groups in total. The summed E-state index contributed by atoms with van der Waals surface area (Å²) in [5.41, 5.74) is 2.79. The Morgan fingerprint density at radius 3 is 2.69 bits per heavy atom. The van der Waals surface area contributed by atoms with Gasteiger partial charge in [-0.05, 0) is 24.1 Å². The van der Waals surface area contributed by atoms with Gasteiger partial charge in [-0.1, -0.05) is 25.4 Å². The Morgan fingerprint density at radius 1 is 1.38 bits per heavy atom. The summed E-state index contributed by atoms with van der Waals surface area (Å²) in [6, 6.07) is 5.70. The minimum Gasteiger partial charge on any atom is -0.266 e. The fourth-order valence-corrected chi connectivity index (χ4v) is 1.79. The number of hydrogen-bond acceptors (Lipinski definition) is 2. The van der Waals surface area contributed by atoms with Gasteiger partial charge >= 0.3 is 0 Å². The van der Waals surface area contributed by atoms with Gasteiger partial charge in [0.25, 0.3) is 0 Å². The zero-order chi connectivity index (χ0) is 11.7. The first-order valence-electron chi connectivity index (χ1n) is 5.24. The largest absolute Gasteiger partial charge is 0.266 e. The van der Waals surface area contributed by atoms with Crippen LogP contribution in [0.3, 0.4) is 0 Å². The number of nitrogens with zero attached hydrogens (tertiary/aromatic N) is 3. The Bertz CT molecular complexity index is 503. The van der Waals surface area contributed by atoms with Gasteiger partial charge in [0.1, 0.15) is 5.69 Å². The van der Waals surface area contributed by atoms with Crippen LogP contribution in [0.1, 0.15) is 25.5 Å². The predicted molar refractivity (Wildman–Crippen MR) is 65.5 cm³/mol. The first-order chi connectivity index (χ1) is 7.59. The molecule has 2 rings (SSSR count). The lowest BCUT2D eigenvalue weighted by atomic mass is 10.1. The molecule has 0 bridgehead atoms. The fourth-order valence-electron chi connectivity index (χ4n) is 1.57. The average Bonchev–Trinajstić information content (AvgIpc) is 2.61. The van der Waals surface area contributed by atoms with Crippen molar-refractivity contribution < 1.29 is 0 Å². The van der Waals surface area contributed by atoms with E-state index in [9.17, 15) is 0 Å². The second-order valence-electron chi connectivity index (χ2n) is 4.07. The molecule has 0 aliphatic carbocycles. The Hall–Kier alpha value is -1.35. The van der Waals surface area contributed by atoms with E-state index in [4.69, 9.17) is 11.6 Å². The van der Waals surface area contributed by atoms with Crippen molar-refractivity contribution in [3.63, 3.8) is 0 Å². The van der Waals surface area contributed by atoms with Gasteiger partial charge < -0.3 is 0 Å². The molecule has 0 fully saturated rings. The van der Waals surface area contributed by atoms with Crippen LogP contribution in [0, 0.1) is 0 Å². The van der Waals surface area contributed by atoms with Gasteiger partial charge in [0.2, 0.25) is 0 Å². The van der Waals surface area contributed by atoms with Crippen molar-refractivity contribution in [2.24, 2.45) is 7.05 Å². The third kappa shape index (κ3) is 1.95. The van der Waals surface area contributed by atoms with Gasteiger partial charge in [-0.25, -0.2) is 0 Å². The number of hydrogen-bond donors (Lipinski definition) is 0. The summed E-state index contributed by atoms with van der Waals surface area (Å²) in [6.07, 6.45) is 1.74. The number of aromatic nitrogens is 3. The topological polar surface area (TPSA) is 30.7 Å². The fraction of sp³-hybridized carbons (Fsp3) is 0.333. The first kappa shape index (κ1) is 11.1. The monoisotopic (exact) mass is 235 g/mol. The van der Waals surface area contributed by atoms with E-state index in [0.717, 1.165) is 17.1 Å². The van der Waals surface area contributed by atoms with Crippen LogP contribution in [-0.2, 0) is 7.05 Å². The van der Waals surface area contributed by atoms with Crippen LogP contribution in [0.2, 0.25) is 5.02 Å². The Kier molecular flexibility index (Phi) is 2.97. The molecular weight excluding hydrogens is 222 g/mol. The molecule has 3 nitrogen and oxygen atoms in total. The molecule has 2 heterocycles. The first-order valence-corrected chi connectivity index (χ1v) is 5.62. The quantitative estimate of drug-likeness (QED) is 0.800. The van der Waals surface area contributed by atoms with E-state index in [-0.39, 0.29) is 0 Å². The van der Waals surface area contributed by atoms with E-state index < -0.39 is 0 Å². The normalized spacial score (nSPS) is 11.1. The third-order valence-electron chi connectivity index (χ3n) is 2.49. The summed E-state index contributed by atoms with van der Waals surface area (Å²) >= 11 is 6.12. The minimum atomic E-state index is 0.405. The molecule has 0 aliphatic rings. The van der Waals surface area contributed by atoms with E-state index in [1.165, 1.54) is 0 Å². The Labute approximate surface area is 100 Å². The molecule has 0 aromatic carbocycles. The van der Waals surface area contributed by atoms with Gasteiger partial charge in [0.15, 0.2) is 0 Å². The van der Waals surface area contributed by atoms with Crippen LogP contribution in [0.15, 0.2) is 24.4 Å². The van der Waals surface area contributed by atoms with Crippen molar-refractivity contribution in [3.05, 3.63) is 35.1 Å². The van der Waals surface area contributed by atoms with Crippen molar-refractivity contribution in [2.45, 2.75) is 19.8 Å². The maximum Gasteiger partial charge on any atom is 0.107 e. The molecule has 2 aromatic heterocycles. The van der Waals surface area contributed by atoms with Gasteiger partial charge in [-0.2, -0.15) is 5.10 Å². The SMILES string of the molecule is CC(C)c1cc(-c2ncccc2Cl)n(C)n1. The average molecular weight is 236 g/mol. The van der Waals surface area contributed by atoms with Gasteiger partial charge in [0, 0.05) is 13.2 Å². The molecule has 84 valence electrons. The van der Waals surface area contributed by atoms with Crippen LogP contribution in [0.5, 0.6) is 0 Å². The second-order valence-corrected chi connectivity index (χ2v) is 4.47. The molecule has 0 radical (unpaired) electrons. The minimum absolute atomic E-state index is 0.405. The molecule has 0 atom stereocenters. The van der Waals surface area contributed by atoms with Crippen LogP contribution < -0.4 is 0 Å². The lowest BCUT2D eigenvalue weighted by molar-refractivity contribution is 0.716. The van der Waals surface area contributed by atoms with Gasteiger partial charge in [0.05, 0.1) is 16.4 Å². The summed E-state index contributed by atoms with van der Waals surface area (Å²) in [4.78, 5) is 4.29. The standard InChI is InChI=1S/C12H14ClN3/c1-8(2)10-7-11(16(3)15-10)12-9(13)5-4-6-14-12/h4-8H,1-3H3. The van der Waals surface area contributed by atoms with Crippen molar-refractivity contribution in [1.82, 2.24) is 14.8 Å². The molecule has 0 amide bonds. The zero-order valence-electron chi connectivity index (χ0n) is 9.61. The van der Waals surface area contributed by atoms with Crippen molar-refractivity contribution in [3.8, 4) is 11.4 Å². The smallest absolute Gasteiger partial charge is 0.107 e. The highest BCUT2D eigenvalue weighted by molar-refractivity contribution is 6.32. The number of pyridine rings is 1. The van der Waals surface area contributed by atoms with E-state index in [2.05, 4.69) is 23.9 Å². The lowest BCUT2D eigenvalue weighted by Gasteiger charge is -2.01. The highest BCUT2D eigenvalue weighted by Crippen LogP contribution is 2.27. The summed E-state index contributed by atoms with van der Waals surface area (Å²) in [5, 5.41) is 5.10. The molecule has 0 saturated carbocycles. The van der Waals surface area contributed by atoms with Crippen molar-refractivity contribution in [2.75, 3.05) is 0 Å². The molecule has 4 heteroatoms. The molecule has 0 unspecified atom stereocenters. The molecule has 0 spiro atoms. The van der Waals surface area contributed by atoms with Gasteiger partial charge in [-0.3, -0.25) is 9.67 Å².